The number of aromatic amines is 1. The summed E-state index contributed by atoms with van der Waals surface area (Å²) in [6.07, 6.45) is 0. The maximum Gasteiger partial charge on any atom is 0.352 e. The summed E-state index contributed by atoms with van der Waals surface area (Å²) in [5.41, 5.74) is 0.804. The second-order valence-corrected chi connectivity index (χ2v) is 5.27. The molecule has 3 rings (SSSR count). The van der Waals surface area contributed by atoms with Crippen LogP contribution in [0.2, 0.25) is 0 Å². The van der Waals surface area contributed by atoms with E-state index in [2.05, 4.69) is 20.9 Å². The number of benzene rings is 2. The average molecular weight is 350 g/mol. The van der Waals surface area contributed by atoms with Gasteiger partial charge < -0.3 is 14.8 Å². The zero-order valence-corrected chi connectivity index (χ0v) is 12.1. The fraction of sp³-hybridized carbons (Fsp3) is 0. The molecule has 0 saturated carbocycles. The molecule has 0 saturated heterocycles. The fourth-order valence-electron chi connectivity index (χ4n) is 1.97. The predicted octanol–water partition coefficient (Wildman–Crippen LogP) is 4.56. The van der Waals surface area contributed by atoms with Crippen LogP contribution >= 0.6 is 15.9 Å². The number of ether oxygens (including phenoxy) is 1. The van der Waals surface area contributed by atoms with Crippen molar-refractivity contribution in [2.45, 2.75) is 0 Å². The van der Waals surface area contributed by atoms with Crippen LogP contribution in [0.1, 0.15) is 10.5 Å². The molecule has 3 aromatic rings. The van der Waals surface area contributed by atoms with Crippen LogP contribution in [0.25, 0.3) is 10.9 Å². The molecule has 21 heavy (non-hydrogen) atoms. The summed E-state index contributed by atoms with van der Waals surface area (Å²) >= 11 is 3.07. The number of aromatic nitrogens is 1. The van der Waals surface area contributed by atoms with Crippen molar-refractivity contribution < 1.29 is 19.0 Å². The number of fused-ring (bicyclic) bond motifs is 1. The third-order valence-corrected chi connectivity index (χ3v) is 3.59. The number of rotatable bonds is 3. The second kappa shape index (κ2) is 5.21. The van der Waals surface area contributed by atoms with Gasteiger partial charge in [-0.1, -0.05) is 0 Å². The molecule has 1 heterocycles. The van der Waals surface area contributed by atoms with Crippen LogP contribution in [0.15, 0.2) is 46.9 Å². The van der Waals surface area contributed by atoms with Crippen LogP contribution in [-0.2, 0) is 0 Å². The standard InChI is InChI=1S/C15H9BrFNO3/c16-11-3-1-10(7-12(11)17)21-9-2-4-13-8(5-9)6-14(18-13)15(19)20/h1-7,18H,(H,19,20). The lowest BCUT2D eigenvalue weighted by Gasteiger charge is -2.06. The molecule has 106 valence electrons. The minimum atomic E-state index is -1.02. The molecule has 1 aromatic heterocycles. The van der Waals surface area contributed by atoms with E-state index in [1.807, 2.05) is 0 Å². The van der Waals surface area contributed by atoms with E-state index >= 15 is 0 Å². The van der Waals surface area contributed by atoms with E-state index in [0.29, 0.717) is 26.9 Å². The van der Waals surface area contributed by atoms with Crippen LogP contribution < -0.4 is 4.74 Å². The van der Waals surface area contributed by atoms with Crippen LogP contribution in [-0.4, -0.2) is 16.1 Å². The lowest BCUT2D eigenvalue weighted by atomic mass is 10.2. The highest BCUT2D eigenvalue weighted by molar-refractivity contribution is 9.10. The van der Waals surface area contributed by atoms with Crippen molar-refractivity contribution in [2.24, 2.45) is 0 Å². The van der Waals surface area contributed by atoms with Crippen molar-refractivity contribution >= 4 is 32.8 Å². The summed E-state index contributed by atoms with van der Waals surface area (Å²) in [4.78, 5) is 13.7. The Bertz CT molecular complexity index is 844. The molecule has 0 amide bonds. The molecule has 2 N–H and O–H groups in total. The molecule has 0 unspecified atom stereocenters. The zero-order valence-electron chi connectivity index (χ0n) is 10.6. The third kappa shape index (κ3) is 2.75. The summed E-state index contributed by atoms with van der Waals surface area (Å²) in [7, 11) is 0. The molecule has 0 aliphatic rings. The van der Waals surface area contributed by atoms with Crippen LogP contribution in [0, 0.1) is 5.82 Å². The van der Waals surface area contributed by atoms with Gasteiger partial charge in [-0.05, 0) is 52.3 Å². The SMILES string of the molecule is O=C(O)c1cc2cc(Oc3ccc(Br)c(F)c3)ccc2[nH]1. The summed E-state index contributed by atoms with van der Waals surface area (Å²) in [6, 6.07) is 11.1. The van der Waals surface area contributed by atoms with E-state index in [-0.39, 0.29) is 5.69 Å². The van der Waals surface area contributed by atoms with Crippen LogP contribution in [0.5, 0.6) is 11.5 Å². The summed E-state index contributed by atoms with van der Waals surface area (Å²) < 4.78 is 19.4. The molecule has 0 aliphatic carbocycles. The molecule has 4 nitrogen and oxygen atoms in total. The number of carbonyl (C=O) groups is 1. The Morgan fingerprint density at radius 1 is 1.14 bits per heavy atom. The van der Waals surface area contributed by atoms with Crippen molar-refractivity contribution in [3.05, 3.63) is 58.4 Å². The molecule has 0 radical (unpaired) electrons. The lowest BCUT2D eigenvalue weighted by Crippen LogP contribution is -1.94. The maximum absolute atomic E-state index is 13.4. The number of H-pyrrole nitrogens is 1. The largest absolute Gasteiger partial charge is 0.477 e. The summed E-state index contributed by atoms with van der Waals surface area (Å²) in [5.74, 6) is -0.573. The zero-order chi connectivity index (χ0) is 15.0. The van der Waals surface area contributed by atoms with Gasteiger partial charge in [-0.25, -0.2) is 9.18 Å². The van der Waals surface area contributed by atoms with Gasteiger partial charge in [0.05, 0.1) is 4.47 Å². The van der Waals surface area contributed by atoms with Gasteiger partial charge in [0.15, 0.2) is 0 Å². The third-order valence-electron chi connectivity index (χ3n) is 2.95. The van der Waals surface area contributed by atoms with E-state index in [4.69, 9.17) is 9.84 Å². The van der Waals surface area contributed by atoms with E-state index in [1.54, 1.807) is 30.3 Å². The Morgan fingerprint density at radius 3 is 2.57 bits per heavy atom. The second-order valence-electron chi connectivity index (χ2n) is 4.42. The molecule has 0 aliphatic heterocycles. The van der Waals surface area contributed by atoms with E-state index in [0.717, 1.165) is 0 Å². The normalized spacial score (nSPS) is 10.8. The van der Waals surface area contributed by atoms with Crippen molar-refractivity contribution in [1.82, 2.24) is 4.98 Å². The highest BCUT2D eigenvalue weighted by atomic mass is 79.9. The van der Waals surface area contributed by atoms with Crippen molar-refractivity contribution in [3.63, 3.8) is 0 Å². The number of carboxylic acids is 1. The van der Waals surface area contributed by atoms with Crippen molar-refractivity contribution in [1.29, 1.82) is 0 Å². The lowest BCUT2D eigenvalue weighted by molar-refractivity contribution is 0.0691. The molecule has 0 fully saturated rings. The Hall–Kier alpha value is -2.34. The van der Waals surface area contributed by atoms with Gasteiger partial charge >= 0.3 is 5.97 Å². The minimum absolute atomic E-state index is 0.108. The number of halogens is 2. The Morgan fingerprint density at radius 2 is 1.86 bits per heavy atom. The Kier molecular flexibility index (Phi) is 3.39. The van der Waals surface area contributed by atoms with E-state index in [9.17, 15) is 9.18 Å². The summed E-state index contributed by atoms with van der Waals surface area (Å²) in [6.45, 7) is 0. The van der Waals surface area contributed by atoms with Gasteiger partial charge in [-0.15, -0.1) is 0 Å². The quantitative estimate of drug-likeness (QED) is 0.728. The van der Waals surface area contributed by atoms with Crippen molar-refractivity contribution in [3.8, 4) is 11.5 Å². The van der Waals surface area contributed by atoms with E-state index in [1.165, 1.54) is 12.1 Å². The van der Waals surface area contributed by atoms with Gasteiger partial charge in [0.25, 0.3) is 0 Å². The maximum atomic E-state index is 13.4. The molecule has 0 spiro atoms. The van der Waals surface area contributed by atoms with E-state index < -0.39 is 11.8 Å². The topological polar surface area (TPSA) is 62.3 Å². The van der Waals surface area contributed by atoms with Gasteiger partial charge in [0.2, 0.25) is 0 Å². The van der Waals surface area contributed by atoms with Gasteiger partial charge in [0, 0.05) is 17.0 Å². The molecule has 0 bridgehead atoms. The first-order valence-electron chi connectivity index (χ1n) is 6.02. The number of hydrogen-bond acceptors (Lipinski definition) is 2. The average Bonchev–Trinajstić information content (AvgIpc) is 2.86. The Balaban J connectivity index is 1.93. The molecule has 2 aromatic carbocycles. The smallest absolute Gasteiger partial charge is 0.352 e. The van der Waals surface area contributed by atoms with Gasteiger partial charge in [-0.3, -0.25) is 0 Å². The molecular weight excluding hydrogens is 341 g/mol. The van der Waals surface area contributed by atoms with Gasteiger partial charge in [0.1, 0.15) is 23.0 Å². The van der Waals surface area contributed by atoms with Crippen LogP contribution in [0.4, 0.5) is 4.39 Å². The number of nitrogens with one attached hydrogen (secondary N) is 1. The van der Waals surface area contributed by atoms with Crippen molar-refractivity contribution in [2.75, 3.05) is 0 Å². The first-order chi connectivity index (χ1) is 10.0. The number of aromatic carboxylic acids is 1. The number of hydrogen-bond donors (Lipinski definition) is 2. The molecule has 6 heteroatoms. The Labute approximate surface area is 127 Å². The summed E-state index contributed by atoms with van der Waals surface area (Å²) in [5, 5.41) is 9.65. The first kappa shape index (κ1) is 13.6. The highest BCUT2D eigenvalue weighted by Gasteiger charge is 2.09. The molecule has 0 atom stereocenters. The fourth-order valence-corrected chi connectivity index (χ4v) is 2.21. The van der Waals surface area contributed by atoms with Crippen LogP contribution in [0.3, 0.4) is 0 Å². The van der Waals surface area contributed by atoms with Gasteiger partial charge in [-0.2, -0.15) is 0 Å². The highest BCUT2D eigenvalue weighted by Crippen LogP contribution is 2.28. The number of carboxylic acid groups (broad SMARTS) is 1. The first-order valence-corrected chi connectivity index (χ1v) is 6.81. The molecular formula is C15H9BrFNO3. The monoisotopic (exact) mass is 349 g/mol. The predicted molar refractivity (Wildman–Crippen MR) is 79.4 cm³/mol. The minimum Gasteiger partial charge on any atom is -0.477 e.